The van der Waals surface area contributed by atoms with Crippen molar-refractivity contribution < 1.29 is 122 Å². The Bertz CT molecular complexity index is 3220. The molecule has 0 aliphatic rings. The number of aliphatic hydroxyl groups excluding tert-OH is 1. The molecule has 10 atom stereocenters. The fraction of sp³-hybridized carbons (Fsp3) is 0.567. The van der Waals surface area contributed by atoms with Gasteiger partial charge >= 0.3 is 29.8 Å². The van der Waals surface area contributed by atoms with Crippen LogP contribution in [0.15, 0.2) is 35.3 Å². The average molecular weight is 1470 g/mol. The Morgan fingerprint density at radius 2 is 0.845 bits per heavy atom. The highest BCUT2D eigenvalue weighted by molar-refractivity contribution is 6.00. The number of rotatable bonds is 49. The summed E-state index contributed by atoms with van der Waals surface area (Å²) in [5.74, 6) is -23.5. The number of aliphatic imine (C=N–C) groups is 1. The van der Waals surface area contributed by atoms with Crippen LogP contribution < -0.4 is 91.6 Å². The summed E-state index contributed by atoms with van der Waals surface area (Å²) in [5.41, 5.74) is 16.4. The van der Waals surface area contributed by atoms with E-state index in [1.165, 1.54) is 0 Å². The number of nitrogens with zero attached hydrogens (tertiary/aromatic N) is 1. The van der Waals surface area contributed by atoms with Crippen LogP contribution in [-0.2, 0) is 97.5 Å². The van der Waals surface area contributed by atoms with Crippen molar-refractivity contribution in [1.82, 2.24) is 74.4 Å². The van der Waals surface area contributed by atoms with Crippen LogP contribution in [0.5, 0.6) is 0 Å². The number of carboxylic acids is 5. The maximum Gasteiger partial charge on any atom is 0.326 e. The lowest BCUT2D eigenvalue weighted by molar-refractivity contribution is -0.143. The van der Waals surface area contributed by atoms with Crippen molar-refractivity contribution in [1.29, 1.82) is 0 Å². The monoisotopic (exact) mass is 1460 g/mol. The highest BCUT2D eigenvalue weighted by Gasteiger charge is 2.35. The molecule has 0 aliphatic heterocycles. The Balaban J connectivity index is 3.15. The first-order chi connectivity index (χ1) is 48.2. The first-order valence-electron chi connectivity index (χ1n) is 31.9. The normalized spacial score (nSPS) is 13.7. The number of aliphatic hydroxyl groups is 1. The first kappa shape index (κ1) is 89.4. The summed E-state index contributed by atoms with van der Waals surface area (Å²) in [5, 5.41) is 87.7. The molecule has 0 unspecified atom stereocenters. The second kappa shape index (κ2) is 46.6. The van der Waals surface area contributed by atoms with Gasteiger partial charge in [0.15, 0.2) is 5.96 Å². The number of amides is 14. The van der Waals surface area contributed by atoms with Crippen molar-refractivity contribution in [2.45, 2.75) is 159 Å². The minimum absolute atomic E-state index is 0.0528. The highest BCUT2D eigenvalue weighted by Crippen LogP contribution is 2.11. The van der Waals surface area contributed by atoms with Crippen LogP contribution in [0.2, 0.25) is 0 Å². The Morgan fingerprint density at radius 3 is 1.33 bits per heavy atom. The molecule has 0 saturated heterocycles. The maximum absolute atomic E-state index is 14.3. The van der Waals surface area contributed by atoms with Crippen molar-refractivity contribution in [3.8, 4) is 0 Å². The Kier molecular flexibility index (Phi) is 40.5. The molecule has 43 heteroatoms. The number of hydrogen-bond acceptors (Lipinski definition) is 22. The molecule has 1 aromatic carbocycles. The summed E-state index contributed by atoms with van der Waals surface area (Å²) >= 11 is 0. The van der Waals surface area contributed by atoms with Gasteiger partial charge in [-0.3, -0.25) is 91.3 Å². The topological polar surface area (TPSA) is 705 Å². The van der Waals surface area contributed by atoms with E-state index < -0.39 is 257 Å². The van der Waals surface area contributed by atoms with Gasteiger partial charge in [0.25, 0.3) is 0 Å². The largest absolute Gasteiger partial charge is 0.481 e. The zero-order valence-corrected chi connectivity index (χ0v) is 57.0. The standard InChI is InChI=1S/C60H92N18O25/c1-28(2)18-36(55(98)70-30(5)50(93)73-34(14-16-46(87)88)53(96)67-23-41(81)65-22-40(80)66-24-44(84)78-49(29(3)4)58(101)74-35(59(102)103)12-9-17-64-60(62)63)75-56(99)37(19-31-10-7-6-8-11-31)76-57(100)38(21-48(91)92)72-43(83)26-68-52(95)33(13-15-45(85)86)71-42(82)25-69-54(97)39(27-79)77-51(94)32(61)20-47(89)90/h6-8,10-11,28-30,32-39,49,79H,9,12-27,61H2,1-5H3,(H,65,81)(H,66,80)(H,67,96)(H,68,95)(H,69,97)(H,70,98)(H,71,82)(H,72,83)(H,73,93)(H,74,101)(H,75,99)(H,76,100)(H,77,94)(H,78,84)(H,85,86)(H,87,88)(H,89,90)(H,91,92)(H,102,103)(H4,62,63,64)/t30-,32-,33-,34-,35-,36-,37+,38-,39-,49-/m0/s1. The van der Waals surface area contributed by atoms with Crippen LogP contribution >= 0.6 is 0 Å². The Hall–Kier alpha value is -11.7. The zero-order chi connectivity index (χ0) is 78.2. The zero-order valence-electron chi connectivity index (χ0n) is 57.0. The van der Waals surface area contributed by atoms with Crippen LogP contribution in [0.3, 0.4) is 0 Å². The average Bonchev–Trinajstić information content (AvgIpc) is 0.847. The number of carbonyl (C=O) groups excluding carboxylic acids is 14. The fourth-order valence-electron chi connectivity index (χ4n) is 8.82. The number of hydrogen-bond donors (Lipinski definition) is 23. The Morgan fingerprint density at radius 1 is 0.417 bits per heavy atom. The third-order valence-corrected chi connectivity index (χ3v) is 14.2. The molecule has 1 aromatic rings. The predicted molar refractivity (Wildman–Crippen MR) is 353 cm³/mol. The summed E-state index contributed by atoms with van der Waals surface area (Å²) in [6.07, 6.45) is -4.92. The first-order valence-corrected chi connectivity index (χ1v) is 31.9. The molecule has 0 saturated carbocycles. The number of aliphatic carboxylic acids is 5. The lowest BCUT2D eigenvalue weighted by atomic mass is 10.0. The smallest absolute Gasteiger partial charge is 0.326 e. The van der Waals surface area contributed by atoms with Crippen LogP contribution in [0.25, 0.3) is 0 Å². The molecular formula is C60H92N18O25. The van der Waals surface area contributed by atoms with Gasteiger partial charge in [0.2, 0.25) is 82.7 Å². The van der Waals surface area contributed by atoms with Gasteiger partial charge in [-0.05, 0) is 56.4 Å². The van der Waals surface area contributed by atoms with Gasteiger partial charge in [-0.25, -0.2) is 4.79 Å². The van der Waals surface area contributed by atoms with E-state index in [-0.39, 0.29) is 44.1 Å². The Labute approximate surface area is 588 Å². The van der Waals surface area contributed by atoms with Crippen molar-refractivity contribution in [2.75, 3.05) is 45.9 Å². The van der Waals surface area contributed by atoms with Gasteiger partial charge in [0, 0.05) is 25.8 Å². The molecule has 0 spiro atoms. The van der Waals surface area contributed by atoms with Crippen LogP contribution in [-0.4, -0.2) is 255 Å². The maximum atomic E-state index is 14.3. The second-order valence-corrected chi connectivity index (χ2v) is 23.7. The van der Waals surface area contributed by atoms with Gasteiger partial charge in [-0.2, -0.15) is 0 Å². The molecule has 0 bridgehead atoms. The van der Waals surface area contributed by atoms with Crippen LogP contribution in [0.4, 0.5) is 0 Å². The fourth-order valence-corrected chi connectivity index (χ4v) is 8.82. The third kappa shape index (κ3) is 37.9. The minimum Gasteiger partial charge on any atom is -0.481 e. The molecule has 0 heterocycles. The molecular weight excluding hydrogens is 1370 g/mol. The van der Waals surface area contributed by atoms with Crippen molar-refractivity contribution in [3.63, 3.8) is 0 Å². The van der Waals surface area contributed by atoms with E-state index in [9.17, 15) is 117 Å². The molecule has 0 aromatic heterocycles. The van der Waals surface area contributed by atoms with E-state index in [1.807, 2.05) is 10.6 Å². The van der Waals surface area contributed by atoms with Gasteiger partial charge < -0.3 is 122 Å². The number of nitrogens with one attached hydrogen (secondary N) is 14. The SMILES string of the molecule is CC(C)C[C@H](NC(=O)[C@@H](Cc1ccccc1)NC(=O)[C@H](CC(=O)O)NC(=O)CNC(=O)[C@H](CCC(=O)O)NC(=O)CNC(=O)[C@H](CO)NC(=O)[C@@H](N)CC(=O)O)C(=O)N[C@@H](C)C(=O)N[C@@H](CCC(=O)O)C(=O)NCC(=O)NCC(=O)NCC(=O)N[C@H](C(=O)N[C@@H](CCCN=C(N)N)C(=O)O)C(C)C. The number of nitrogens with two attached hydrogens (primary N) is 3. The number of carbonyl (C=O) groups is 19. The van der Waals surface area contributed by atoms with E-state index in [1.54, 1.807) is 58.0 Å². The summed E-state index contributed by atoms with van der Waals surface area (Å²) in [7, 11) is 0. The van der Waals surface area contributed by atoms with E-state index >= 15 is 0 Å². The van der Waals surface area contributed by atoms with E-state index in [4.69, 9.17) is 22.3 Å². The molecule has 0 radical (unpaired) electrons. The molecule has 0 aliphatic carbocycles. The highest BCUT2D eigenvalue weighted by atomic mass is 16.4. The number of carboxylic acid groups (broad SMARTS) is 5. The number of benzene rings is 1. The van der Waals surface area contributed by atoms with Crippen molar-refractivity contribution in [2.24, 2.45) is 34.0 Å². The van der Waals surface area contributed by atoms with Crippen LogP contribution in [0.1, 0.15) is 98.0 Å². The van der Waals surface area contributed by atoms with Gasteiger partial charge in [0.05, 0.1) is 58.2 Å². The van der Waals surface area contributed by atoms with Gasteiger partial charge in [0.1, 0.15) is 54.4 Å². The lowest BCUT2D eigenvalue weighted by Gasteiger charge is -2.27. The molecule has 103 heavy (non-hydrogen) atoms. The summed E-state index contributed by atoms with van der Waals surface area (Å²) in [4.78, 5) is 246. The van der Waals surface area contributed by atoms with Crippen molar-refractivity contribution in [3.05, 3.63) is 35.9 Å². The van der Waals surface area contributed by atoms with Gasteiger partial charge in [-0.15, -0.1) is 0 Å². The molecule has 1 rings (SSSR count). The summed E-state index contributed by atoms with van der Waals surface area (Å²) < 4.78 is 0. The second-order valence-electron chi connectivity index (χ2n) is 23.7. The van der Waals surface area contributed by atoms with E-state index in [2.05, 4.69) is 68.8 Å². The van der Waals surface area contributed by atoms with Crippen LogP contribution in [0, 0.1) is 11.8 Å². The molecule has 572 valence electrons. The van der Waals surface area contributed by atoms with E-state index in [0.717, 1.165) is 6.92 Å². The molecule has 26 N–H and O–H groups in total. The summed E-state index contributed by atoms with van der Waals surface area (Å²) in [6, 6.07) is -8.22. The van der Waals surface area contributed by atoms with Gasteiger partial charge in [-0.1, -0.05) is 58.0 Å². The third-order valence-electron chi connectivity index (χ3n) is 14.2. The summed E-state index contributed by atoms with van der Waals surface area (Å²) in [6.45, 7) is 2.33. The number of guanidine groups is 1. The lowest BCUT2D eigenvalue weighted by Crippen LogP contribution is -2.59. The molecule has 43 nitrogen and oxygen atoms in total. The van der Waals surface area contributed by atoms with E-state index in [0.29, 0.717) is 5.56 Å². The predicted octanol–water partition coefficient (Wildman–Crippen LogP) is -9.97. The quantitative estimate of drug-likeness (QED) is 0.0164. The van der Waals surface area contributed by atoms with Crippen molar-refractivity contribution >= 4 is 119 Å². The molecule has 14 amide bonds. The molecule has 0 fully saturated rings. The minimum atomic E-state index is -2.00.